The molecule has 0 unspecified atom stereocenters. The molecule has 1 aromatic heterocycles. The maximum atomic E-state index is 12.7. The molecule has 0 saturated carbocycles. The normalized spacial score (nSPS) is 16.7. The van der Waals surface area contributed by atoms with Crippen LogP contribution in [0.5, 0.6) is 0 Å². The fourth-order valence-corrected chi connectivity index (χ4v) is 4.15. The predicted octanol–water partition coefficient (Wildman–Crippen LogP) is 3.54. The number of benzene rings is 1. The third-order valence-corrected chi connectivity index (χ3v) is 5.54. The zero-order valence-corrected chi connectivity index (χ0v) is 15.5. The molecule has 25 heavy (non-hydrogen) atoms. The number of carbonyl (C=O) groups is 2. The van der Waals surface area contributed by atoms with E-state index >= 15 is 0 Å². The lowest BCUT2D eigenvalue weighted by molar-refractivity contribution is -0.130. The van der Waals surface area contributed by atoms with Crippen LogP contribution in [0.4, 0.5) is 5.69 Å². The minimum absolute atomic E-state index is 0.0358. The van der Waals surface area contributed by atoms with Crippen molar-refractivity contribution < 1.29 is 9.59 Å². The number of nitrogens with zero attached hydrogens (tertiary/aromatic N) is 1. The van der Waals surface area contributed by atoms with Gasteiger partial charge in [0.15, 0.2) is 0 Å². The minimum atomic E-state index is -0.241. The van der Waals surface area contributed by atoms with Crippen molar-refractivity contribution in [3.63, 3.8) is 0 Å². The average molecular weight is 378 g/mol. The van der Waals surface area contributed by atoms with Crippen LogP contribution in [-0.4, -0.2) is 36.9 Å². The number of amides is 2. The molecular formula is C18H20ClN3O2S. The highest BCUT2D eigenvalue weighted by molar-refractivity contribution is 7.10. The maximum Gasteiger partial charge on any atom is 0.253 e. The van der Waals surface area contributed by atoms with E-state index in [-0.39, 0.29) is 24.4 Å². The van der Waals surface area contributed by atoms with Gasteiger partial charge in [-0.2, -0.15) is 0 Å². The first-order valence-corrected chi connectivity index (χ1v) is 9.44. The molecule has 2 heterocycles. The second-order valence-corrected chi connectivity index (χ2v) is 7.30. The molecule has 7 heteroatoms. The van der Waals surface area contributed by atoms with E-state index in [1.54, 1.807) is 36.6 Å². The Hall–Kier alpha value is -2.05. The fourth-order valence-electron chi connectivity index (χ4n) is 3.11. The molecule has 132 valence electrons. The summed E-state index contributed by atoms with van der Waals surface area (Å²) in [7, 11) is 1.56. The number of carbonyl (C=O) groups excluding carboxylic acids is 2. The molecule has 5 nitrogen and oxygen atoms in total. The van der Waals surface area contributed by atoms with Crippen molar-refractivity contribution >= 4 is 40.4 Å². The van der Waals surface area contributed by atoms with E-state index in [0.29, 0.717) is 16.3 Å². The van der Waals surface area contributed by atoms with Gasteiger partial charge in [-0.3, -0.25) is 9.59 Å². The molecule has 2 N–H and O–H groups in total. The standard InChI is InChI=1S/C18H20ClN3O2S/c1-20-18(24)13-10-12(19)6-7-14(13)21-11-17(23)22-8-2-4-15(22)16-5-3-9-25-16/h3,5-7,9-10,15,21H,2,4,8,11H2,1H3,(H,20,24)/t15-/m0/s1. The molecule has 2 amide bonds. The molecule has 1 aromatic carbocycles. The Morgan fingerprint density at radius 2 is 2.20 bits per heavy atom. The summed E-state index contributed by atoms with van der Waals surface area (Å²) in [4.78, 5) is 27.8. The summed E-state index contributed by atoms with van der Waals surface area (Å²) in [5.74, 6) is -0.205. The number of hydrogen-bond donors (Lipinski definition) is 2. The van der Waals surface area contributed by atoms with Crippen molar-refractivity contribution in [2.75, 3.05) is 25.5 Å². The van der Waals surface area contributed by atoms with E-state index < -0.39 is 0 Å². The number of halogens is 1. The van der Waals surface area contributed by atoms with Gasteiger partial charge in [0.25, 0.3) is 5.91 Å². The number of nitrogens with one attached hydrogen (secondary N) is 2. The summed E-state index contributed by atoms with van der Waals surface area (Å²) in [6.07, 6.45) is 2.01. The largest absolute Gasteiger partial charge is 0.376 e. The molecule has 0 radical (unpaired) electrons. The Morgan fingerprint density at radius 1 is 1.36 bits per heavy atom. The molecule has 1 aliphatic heterocycles. The zero-order valence-electron chi connectivity index (χ0n) is 13.9. The summed E-state index contributed by atoms with van der Waals surface area (Å²) < 4.78 is 0. The van der Waals surface area contributed by atoms with Crippen LogP contribution in [0.25, 0.3) is 0 Å². The van der Waals surface area contributed by atoms with Crippen molar-refractivity contribution in [2.24, 2.45) is 0 Å². The third kappa shape index (κ3) is 3.96. The number of hydrogen-bond acceptors (Lipinski definition) is 4. The van der Waals surface area contributed by atoms with Crippen molar-refractivity contribution in [1.29, 1.82) is 0 Å². The first-order valence-electron chi connectivity index (χ1n) is 8.18. The van der Waals surface area contributed by atoms with E-state index in [1.807, 2.05) is 16.3 Å². The molecular weight excluding hydrogens is 358 g/mol. The minimum Gasteiger partial charge on any atom is -0.376 e. The smallest absolute Gasteiger partial charge is 0.253 e. The van der Waals surface area contributed by atoms with Crippen molar-refractivity contribution in [3.8, 4) is 0 Å². The van der Waals surface area contributed by atoms with Crippen LogP contribution in [0, 0.1) is 0 Å². The number of rotatable bonds is 5. The van der Waals surface area contributed by atoms with Crippen LogP contribution in [0.15, 0.2) is 35.7 Å². The van der Waals surface area contributed by atoms with Crippen molar-refractivity contribution in [3.05, 3.63) is 51.2 Å². The van der Waals surface area contributed by atoms with Gasteiger partial charge in [0.05, 0.1) is 18.2 Å². The van der Waals surface area contributed by atoms with Gasteiger partial charge in [-0.05, 0) is 42.5 Å². The van der Waals surface area contributed by atoms with Crippen molar-refractivity contribution in [1.82, 2.24) is 10.2 Å². The Balaban J connectivity index is 1.69. The van der Waals surface area contributed by atoms with E-state index in [4.69, 9.17) is 11.6 Å². The summed E-state index contributed by atoms with van der Waals surface area (Å²) in [5.41, 5.74) is 1.03. The highest BCUT2D eigenvalue weighted by atomic mass is 35.5. The lowest BCUT2D eigenvalue weighted by atomic mass is 10.1. The van der Waals surface area contributed by atoms with E-state index in [0.717, 1.165) is 19.4 Å². The van der Waals surface area contributed by atoms with Gasteiger partial charge in [-0.25, -0.2) is 0 Å². The van der Waals surface area contributed by atoms with Crippen LogP contribution in [-0.2, 0) is 4.79 Å². The lowest BCUT2D eigenvalue weighted by Gasteiger charge is -2.24. The van der Waals surface area contributed by atoms with Crippen LogP contribution in [0.1, 0.15) is 34.1 Å². The highest BCUT2D eigenvalue weighted by Crippen LogP contribution is 2.34. The summed E-state index contributed by atoms with van der Waals surface area (Å²) in [6.45, 7) is 0.916. The first-order chi connectivity index (χ1) is 12.1. The number of anilines is 1. The Labute approximate surface area is 156 Å². The van der Waals surface area contributed by atoms with E-state index in [9.17, 15) is 9.59 Å². The lowest BCUT2D eigenvalue weighted by Crippen LogP contribution is -2.35. The van der Waals surface area contributed by atoms with Gasteiger partial charge < -0.3 is 15.5 Å². The van der Waals surface area contributed by atoms with Gasteiger partial charge in [-0.15, -0.1) is 11.3 Å². The zero-order chi connectivity index (χ0) is 17.8. The molecule has 3 rings (SSSR count). The molecule has 0 spiro atoms. The Kier molecular flexibility index (Phi) is 5.60. The van der Waals surface area contributed by atoms with E-state index in [1.165, 1.54) is 4.88 Å². The van der Waals surface area contributed by atoms with Crippen LogP contribution in [0.3, 0.4) is 0 Å². The van der Waals surface area contributed by atoms with Gasteiger partial charge in [0.2, 0.25) is 5.91 Å². The second-order valence-electron chi connectivity index (χ2n) is 5.88. The van der Waals surface area contributed by atoms with Gasteiger partial charge in [-0.1, -0.05) is 17.7 Å². The SMILES string of the molecule is CNC(=O)c1cc(Cl)ccc1NCC(=O)N1CCC[C@H]1c1cccs1. The van der Waals surface area contributed by atoms with E-state index in [2.05, 4.69) is 16.7 Å². The summed E-state index contributed by atoms with van der Waals surface area (Å²) >= 11 is 7.66. The molecule has 1 aliphatic rings. The molecule has 2 aromatic rings. The third-order valence-electron chi connectivity index (χ3n) is 4.33. The Bertz CT molecular complexity index is 764. The summed E-state index contributed by atoms with van der Waals surface area (Å²) in [5, 5.41) is 8.20. The van der Waals surface area contributed by atoms with Crippen LogP contribution >= 0.6 is 22.9 Å². The summed E-state index contributed by atoms with van der Waals surface area (Å²) in [6, 6.07) is 9.28. The molecule has 1 atom stereocenters. The van der Waals surface area contributed by atoms with Gasteiger partial charge >= 0.3 is 0 Å². The molecule has 1 fully saturated rings. The Morgan fingerprint density at radius 3 is 2.92 bits per heavy atom. The van der Waals surface area contributed by atoms with Crippen LogP contribution < -0.4 is 10.6 Å². The number of thiophene rings is 1. The number of likely N-dealkylation sites (tertiary alicyclic amines) is 1. The monoisotopic (exact) mass is 377 g/mol. The quantitative estimate of drug-likeness (QED) is 0.837. The maximum absolute atomic E-state index is 12.7. The second kappa shape index (κ2) is 7.89. The van der Waals surface area contributed by atoms with Gasteiger partial charge in [0, 0.05) is 29.2 Å². The molecule has 1 saturated heterocycles. The van der Waals surface area contributed by atoms with Crippen molar-refractivity contribution in [2.45, 2.75) is 18.9 Å². The molecule has 0 aliphatic carbocycles. The molecule has 0 bridgehead atoms. The highest BCUT2D eigenvalue weighted by Gasteiger charge is 2.30. The predicted molar refractivity (Wildman–Crippen MR) is 101 cm³/mol. The average Bonchev–Trinajstić information content (AvgIpc) is 3.30. The fraction of sp³-hybridized carbons (Fsp3) is 0.333. The first kappa shape index (κ1) is 17.8. The van der Waals surface area contributed by atoms with Gasteiger partial charge in [0.1, 0.15) is 0 Å². The topological polar surface area (TPSA) is 61.4 Å². The van der Waals surface area contributed by atoms with Crippen LogP contribution in [0.2, 0.25) is 5.02 Å².